The number of para-hydroxylation sites is 1. The molecule has 0 radical (unpaired) electrons. The van der Waals surface area contributed by atoms with Crippen molar-refractivity contribution >= 4 is 17.2 Å². The van der Waals surface area contributed by atoms with Crippen molar-refractivity contribution < 1.29 is 0 Å². The van der Waals surface area contributed by atoms with Crippen LogP contribution >= 0.6 is 0 Å². The third-order valence-electron chi connectivity index (χ3n) is 6.51. The molecular formula is C22H29N3. The first-order chi connectivity index (χ1) is 12.0. The standard InChI is InChI=1S/C22H29N3/c1-6-16-21-24(15(3)4)19-13-10-14-23-20(19)25(21)18-12-9-8-11-17(18)22(16,5)7-2/h8-16,21H,6-7H2,1-5H3. The Morgan fingerprint density at radius 1 is 1.08 bits per heavy atom. The Morgan fingerprint density at radius 3 is 2.48 bits per heavy atom. The highest BCUT2D eigenvalue weighted by molar-refractivity contribution is 5.84. The second-order valence-corrected chi connectivity index (χ2v) is 7.93. The van der Waals surface area contributed by atoms with Crippen LogP contribution in [0.15, 0.2) is 42.6 Å². The molecule has 0 saturated heterocycles. The van der Waals surface area contributed by atoms with Gasteiger partial charge in [0.1, 0.15) is 6.17 Å². The Hall–Kier alpha value is -2.03. The molecular weight excluding hydrogens is 306 g/mol. The molecule has 25 heavy (non-hydrogen) atoms. The van der Waals surface area contributed by atoms with Crippen molar-refractivity contribution in [3.63, 3.8) is 0 Å². The predicted molar refractivity (Wildman–Crippen MR) is 106 cm³/mol. The summed E-state index contributed by atoms with van der Waals surface area (Å²) in [5, 5.41) is 0. The van der Waals surface area contributed by atoms with Crippen molar-refractivity contribution in [2.75, 3.05) is 9.80 Å². The molecule has 2 aliphatic rings. The molecule has 4 rings (SSSR count). The van der Waals surface area contributed by atoms with Gasteiger partial charge in [-0.15, -0.1) is 0 Å². The lowest BCUT2D eigenvalue weighted by atomic mass is 9.64. The Labute approximate surface area is 151 Å². The minimum absolute atomic E-state index is 0.182. The summed E-state index contributed by atoms with van der Waals surface area (Å²) >= 11 is 0. The summed E-state index contributed by atoms with van der Waals surface area (Å²) in [4.78, 5) is 9.91. The molecule has 0 fully saturated rings. The van der Waals surface area contributed by atoms with Crippen LogP contribution < -0.4 is 9.80 Å². The van der Waals surface area contributed by atoms with Gasteiger partial charge in [-0.3, -0.25) is 0 Å². The maximum atomic E-state index is 4.80. The van der Waals surface area contributed by atoms with Gasteiger partial charge in [0.2, 0.25) is 0 Å². The zero-order chi connectivity index (χ0) is 17.8. The summed E-state index contributed by atoms with van der Waals surface area (Å²) in [6.45, 7) is 11.8. The van der Waals surface area contributed by atoms with Gasteiger partial charge in [0.05, 0.1) is 5.69 Å². The van der Waals surface area contributed by atoms with Crippen LogP contribution in [0, 0.1) is 5.92 Å². The van der Waals surface area contributed by atoms with Gasteiger partial charge in [-0.1, -0.05) is 39.0 Å². The van der Waals surface area contributed by atoms with Gasteiger partial charge < -0.3 is 9.80 Å². The Kier molecular flexibility index (Phi) is 3.78. The van der Waals surface area contributed by atoms with E-state index >= 15 is 0 Å². The van der Waals surface area contributed by atoms with Crippen LogP contribution in [-0.2, 0) is 5.41 Å². The fraction of sp³-hybridized carbons (Fsp3) is 0.500. The Balaban J connectivity index is 2.02. The molecule has 0 N–H and O–H groups in total. The largest absolute Gasteiger partial charge is 0.345 e. The van der Waals surface area contributed by atoms with E-state index in [0.717, 1.165) is 18.7 Å². The molecule has 3 nitrogen and oxygen atoms in total. The summed E-state index contributed by atoms with van der Waals surface area (Å²) < 4.78 is 0. The topological polar surface area (TPSA) is 19.4 Å². The summed E-state index contributed by atoms with van der Waals surface area (Å²) in [5.41, 5.74) is 4.27. The van der Waals surface area contributed by atoms with Gasteiger partial charge in [0, 0.05) is 29.3 Å². The second-order valence-electron chi connectivity index (χ2n) is 7.93. The first-order valence-electron chi connectivity index (χ1n) is 9.66. The zero-order valence-corrected chi connectivity index (χ0v) is 16.0. The lowest BCUT2D eigenvalue weighted by Gasteiger charge is -2.52. The van der Waals surface area contributed by atoms with Gasteiger partial charge in [0.25, 0.3) is 0 Å². The van der Waals surface area contributed by atoms with Crippen molar-refractivity contribution in [1.82, 2.24) is 4.98 Å². The smallest absolute Gasteiger partial charge is 0.158 e. The third kappa shape index (κ3) is 2.08. The van der Waals surface area contributed by atoms with E-state index in [4.69, 9.17) is 4.98 Å². The van der Waals surface area contributed by atoms with Crippen LogP contribution in [-0.4, -0.2) is 17.2 Å². The lowest BCUT2D eigenvalue weighted by Crippen LogP contribution is -2.58. The third-order valence-corrected chi connectivity index (χ3v) is 6.51. The van der Waals surface area contributed by atoms with Crippen molar-refractivity contribution in [3.8, 4) is 0 Å². The SMILES string of the molecule is CCC1C2N(c3ccccc3C1(C)CC)c1ncccc1N2C(C)C. The molecule has 2 aliphatic heterocycles. The molecule has 3 atom stereocenters. The van der Waals surface area contributed by atoms with E-state index in [1.807, 2.05) is 6.20 Å². The number of rotatable bonds is 3. The number of nitrogens with zero attached hydrogens (tertiary/aromatic N) is 3. The van der Waals surface area contributed by atoms with E-state index in [2.05, 4.69) is 80.8 Å². The molecule has 0 bridgehead atoms. The zero-order valence-electron chi connectivity index (χ0n) is 16.0. The van der Waals surface area contributed by atoms with Crippen LogP contribution in [0.5, 0.6) is 0 Å². The molecule has 3 heteroatoms. The number of hydrogen-bond acceptors (Lipinski definition) is 3. The highest BCUT2D eigenvalue weighted by Gasteiger charge is 2.53. The van der Waals surface area contributed by atoms with Crippen LogP contribution in [0.2, 0.25) is 0 Å². The maximum Gasteiger partial charge on any atom is 0.158 e. The molecule has 3 unspecified atom stereocenters. The maximum absolute atomic E-state index is 4.80. The van der Waals surface area contributed by atoms with Crippen LogP contribution in [0.3, 0.4) is 0 Å². The minimum Gasteiger partial charge on any atom is -0.345 e. The van der Waals surface area contributed by atoms with Crippen molar-refractivity contribution in [2.24, 2.45) is 5.92 Å². The quantitative estimate of drug-likeness (QED) is 0.740. The summed E-state index contributed by atoms with van der Waals surface area (Å²) in [5.74, 6) is 1.68. The average Bonchev–Trinajstić information content (AvgIpc) is 2.97. The lowest BCUT2D eigenvalue weighted by molar-refractivity contribution is 0.211. The first-order valence-corrected chi connectivity index (χ1v) is 9.66. The minimum atomic E-state index is 0.182. The van der Waals surface area contributed by atoms with E-state index in [-0.39, 0.29) is 5.41 Å². The average molecular weight is 335 g/mol. The van der Waals surface area contributed by atoms with E-state index in [1.165, 1.54) is 16.9 Å². The van der Waals surface area contributed by atoms with E-state index in [9.17, 15) is 0 Å². The van der Waals surface area contributed by atoms with Gasteiger partial charge in [-0.25, -0.2) is 4.98 Å². The normalized spacial score (nSPS) is 27.3. The number of fused-ring (bicyclic) bond motifs is 5. The summed E-state index contributed by atoms with van der Waals surface area (Å²) in [6, 6.07) is 13.7. The van der Waals surface area contributed by atoms with Gasteiger partial charge >= 0.3 is 0 Å². The highest BCUT2D eigenvalue weighted by atomic mass is 15.5. The molecule has 1 aromatic carbocycles. The molecule has 2 aromatic rings. The fourth-order valence-electron chi connectivity index (χ4n) is 5.19. The summed E-state index contributed by atoms with van der Waals surface area (Å²) in [6.07, 6.45) is 4.59. The molecule has 0 saturated carbocycles. The van der Waals surface area contributed by atoms with E-state index in [1.54, 1.807) is 0 Å². The van der Waals surface area contributed by atoms with E-state index < -0.39 is 0 Å². The molecule has 132 valence electrons. The fourth-order valence-corrected chi connectivity index (χ4v) is 5.19. The van der Waals surface area contributed by atoms with Crippen LogP contribution in [0.1, 0.15) is 53.0 Å². The second kappa shape index (κ2) is 5.76. The van der Waals surface area contributed by atoms with Gasteiger partial charge in [-0.05, 0) is 50.5 Å². The van der Waals surface area contributed by atoms with Crippen molar-refractivity contribution in [2.45, 2.75) is 65.1 Å². The predicted octanol–water partition coefficient (Wildman–Crippen LogP) is 5.48. The number of anilines is 3. The number of pyridine rings is 1. The van der Waals surface area contributed by atoms with Gasteiger partial charge in [-0.2, -0.15) is 0 Å². The molecule has 0 amide bonds. The van der Waals surface area contributed by atoms with Crippen molar-refractivity contribution in [1.29, 1.82) is 0 Å². The Morgan fingerprint density at radius 2 is 1.80 bits per heavy atom. The molecule has 0 aliphatic carbocycles. The van der Waals surface area contributed by atoms with E-state index in [0.29, 0.717) is 18.1 Å². The summed E-state index contributed by atoms with van der Waals surface area (Å²) in [7, 11) is 0. The number of aromatic nitrogens is 1. The Bertz CT molecular complexity index is 784. The van der Waals surface area contributed by atoms with Crippen molar-refractivity contribution in [3.05, 3.63) is 48.2 Å². The highest BCUT2D eigenvalue weighted by Crippen LogP contribution is 2.57. The molecule has 3 heterocycles. The monoisotopic (exact) mass is 335 g/mol. The van der Waals surface area contributed by atoms with Gasteiger partial charge in [0.15, 0.2) is 5.82 Å². The molecule has 1 aromatic heterocycles. The van der Waals surface area contributed by atoms with Crippen LogP contribution in [0.25, 0.3) is 0 Å². The first kappa shape index (κ1) is 16.4. The number of benzene rings is 1. The number of hydrogen-bond donors (Lipinski definition) is 0. The van der Waals surface area contributed by atoms with Crippen LogP contribution in [0.4, 0.5) is 17.2 Å². The molecule has 0 spiro atoms.